The zero-order valence-electron chi connectivity index (χ0n) is 17.5. The topological polar surface area (TPSA) is 18.0 Å². The molecule has 0 amide bonds. The first-order chi connectivity index (χ1) is 14.1. The number of benzene rings is 2. The lowest BCUT2D eigenvalue weighted by atomic mass is 9.90. The fourth-order valence-corrected chi connectivity index (χ4v) is 5.70. The molecule has 1 fully saturated rings. The quantitative estimate of drug-likeness (QED) is 0.343. The van der Waals surface area contributed by atoms with Crippen molar-refractivity contribution in [3.8, 4) is 22.8 Å². The predicted octanol–water partition coefficient (Wildman–Crippen LogP) is 5.97. The van der Waals surface area contributed by atoms with E-state index >= 15 is 0 Å². The van der Waals surface area contributed by atoms with Crippen molar-refractivity contribution in [2.75, 3.05) is 0 Å². The average molecular weight is 384 g/mol. The third-order valence-corrected chi connectivity index (χ3v) is 7.16. The van der Waals surface area contributed by atoms with Gasteiger partial charge in [-0.05, 0) is 37.0 Å². The Morgan fingerprint density at radius 3 is 2.72 bits per heavy atom. The summed E-state index contributed by atoms with van der Waals surface area (Å²) in [5.74, 6) is 2.84. The summed E-state index contributed by atoms with van der Waals surface area (Å²) in [5.41, 5.74) is 7.80. The van der Waals surface area contributed by atoms with Crippen molar-refractivity contribution in [2.24, 2.45) is 20.0 Å². The number of fused-ring (bicyclic) bond motifs is 3. The van der Waals surface area contributed by atoms with Crippen LogP contribution in [0.5, 0.6) is 11.5 Å². The van der Waals surface area contributed by atoms with Gasteiger partial charge in [-0.25, -0.2) is 0 Å². The van der Waals surface area contributed by atoms with Gasteiger partial charge in [0, 0.05) is 24.9 Å². The third kappa shape index (κ3) is 2.33. The highest BCUT2D eigenvalue weighted by atomic mass is 16.5. The van der Waals surface area contributed by atoms with E-state index in [-0.39, 0.29) is 0 Å². The Labute approximate surface area is 171 Å². The summed E-state index contributed by atoms with van der Waals surface area (Å²) in [4.78, 5) is 0. The predicted molar refractivity (Wildman–Crippen MR) is 118 cm³/mol. The summed E-state index contributed by atoms with van der Waals surface area (Å²) in [5, 5.41) is 2.59. The zero-order chi connectivity index (χ0) is 19.7. The van der Waals surface area contributed by atoms with Crippen LogP contribution in [0.3, 0.4) is 0 Å². The number of rotatable bonds is 2. The summed E-state index contributed by atoms with van der Waals surface area (Å²) in [6, 6.07) is 13.3. The van der Waals surface area contributed by atoms with E-state index in [9.17, 15) is 0 Å². The van der Waals surface area contributed by atoms with Crippen LogP contribution in [-0.2, 0) is 20.5 Å². The van der Waals surface area contributed by atoms with E-state index in [1.807, 2.05) is 0 Å². The lowest BCUT2D eigenvalue weighted by molar-refractivity contribution is -0.633. The molecule has 2 aromatic carbocycles. The average Bonchev–Trinajstić information content (AvgIpc) is 3.35. The molecule has 0 radical (unpaired) electrons. The first-order valence-electron chi connectivity index (χ1n) is 10.8. The molecule has 0 bridgehead atoms. The van der Waals surface area contributed by atoms with Crippen molar-refractivity contribution >= 4 is 21.8 Å². The van der Waals surface area contributed by atoms with Gasteiger partial charge in [0.2, 0.25) is 11.3 Å². The van der Waals surface area contributed by atoms with Gasteiger partial charge in [-0.15, -0.1) is 0 Å². The van der Waals surface area contributed by atoms with Crippen LogP contribution in [0, 0.1) is 12.8 Å². The van der Waals surface area contributed by atoms with Crippen molar-refractivity contribution in [3.63, 3.8) is 0 Å². The van der Waals surface area contributed by atoms with E-state index in [1.54, 1.807) is 0 Å². The van der Waals surface area contributed by atoms with Crippen LogP contribution in [0.25, 0.3) is 33.1 Å². The maximum atomic E-state index is 6.71. The number of aromatic nitrogens is 2. The molecular weight excluding hydrogens is 356 g/mol. The first kappa shape index (κ1) is 17.1. The Morgan fingerprint density at radius 2 is 1.90 bits per heavy atom. The van der Waals surface area contributed by atoms with Crippen molar-refractivity contribution < 1.29 is 9.30 Å². The van der Waals surface area contributed by atoms with Crippen LogP contribution in [0.2, 0.25) is 0 Å². The summed E-state index contributed by atoms with van der Waals surface area (Å²) >= 11 is 0. The Morgan fingerprint density at radius 1 is 1.10 bits per heavy atom. The third-order valence-electron chi connectivity index (χ3n) is 7.16. The summed E-state index contributed by atoms with van der Waals surface area (Å²) in [6.45, 7) is 2.23. The zero-order valence-corrected chi connectivity index (χ0v) is 17.5. The van der Waals surface area contributed by atoms with Crippen LogP contribution < -0.4 is 9.30 Å². The molecule has 4 aromatic rings. The summed E-state index contributed by atoms with van der Waals surface area (Å²) < 4.78 is 11.3. The number of aryl methyl sites for hydroxylation is 3. The highest BCUT2D eigenvalue weighted by Crippen LogP contribution is 2.50. The molecule has 0 unspecified atom stereocenters. The molecule has 0 N–H and O–H groups in total. The molecule has 2 aliphatic rings. The number of hydrogen-bond donors (Lipinski definition) is 0. The minimum atomic E-state index is 0.771. The first-order valence-corrected chi connectivity index (χ1v) is 10.8. The van der Waals surface area contributed by atoms with Crippen molar-refractivity contribution in [1.82, 2.24) is 4.57 Å². The molecule has 0 spiro atoms. The SMILES string of the molecule is Cc1ccc2c3c(cn2C)Oc2c(CC4CCCC4)c4ccccc4[n+](C)c2-c13. The van der Waals surface area contributed by atoms with Gasteiger partial charge < -0.3 is 9.30 Å². The lowest BCUT2D eigenvalue weighted by Crippen LogP contribution is -2.34. The lowest BCUT2D eigenvalue weighted by Gasteiger charge is -2.22. The van der Waals surface area contributed by atoms with Gasteiger partial charge in [0.25, 0.3) is 5.69 Å². The molecule has 3 heterocycles. The fraction of sp³-hybridized carbons (Fsp3) is 0.346. The highest BCUT2D eigenvalue weighted by Gasteiger charge is 2.35. The molecule has 6 rings (SSSR count). The molecule has 29 heavy (non-hydrogen) atoms. The summed E-state index contributed by atoms with van der Waals surface area (Å²) in [7, 11) is 4.30. The van der Waals surface area contributed by atoms with Crippen LogP contribution in [0.1, 0.15) is 36.8 Å². The van der Waals surface area contributed by atoms with Crippen LogP contribution in [0.4, 0.5) is 0 Å². The molecule has 1 aliphatic heterocycles. The molecule has 3 nitrogen and oxygen atoms in total. The van der Waals surface area contributed by atoms with Gasteiger partial charge in [-0.3, -0.25) is 0 Å². The molecule has 0 saturated heterocycles. The molecule has 2 aromatic heterocycles. The Bertz CT molecular complexity index is 1290. The normalized spacial score (nSPS) is 15.8. The minimum absolute atomic E-state index is 0.771. The van der Waals surface area contributed by atoms with Gasteiger partial charge in [-0.1, -0.05) is 43.9 Å². The number of hydrogen-bond acceptors (Lipinski definition) is 1. The second kappa shape index (κ2) is 6.09. The number of nitrogens with zero attached hydrogens (tertiary/aromatic N) is 2. The second-order valence-electron chi connectivity index (χ2n) is 8.94. The standard InChI is InChI=1S/C26H27N2O/c1-16-12-13-21-24-22(15-27(21)2)29-26-19(14-17-8-4-5-9-17)18-10-6-7-11-20(18)28(3)25(26)23(16)24/h6-7,10-13,15,17H,4-5,8-9,14H2,1-3H3/q+1. The van der Waals surface area contributed by atoms with E-state index in [0.29, 0.717) is 0 Å². The molecule has 146 valence electrons. The molecule has 3 heteroatoms. The Kier molecular flexibility index (Phi) is 3.59. The van der Waals surface area contributed by atoms with Crippen molar-refractivity contribution in [3.05, 3.63) is 53.7 Å². The number of pyridine rings is 1. The van der Waals surface area contributed by atoms with Gasteiger partial charge in [0.1, 0.15) is 7.05 Å². The fourth-order valence-electron chi connectivity index (χ4n) is 5.70. The van der Waals surface area contributed by atoms with Crippen molar-refractivity contribution in [2.45, 2.75) is 39.0 Å². The van der Waals surface area contributed by atoms with Crippen LogP contribution >= 0.6 is 0 Å². The van der Waals surface area contributed by atoms with Gasteiger partial charge >= 0.3 is 0 Å². The highest BCUT2D eigenvalue weighted by molar-refractivity contribution is 6.04. The molecule has 1 aliphatic carbocycles. The van der Waals surface area contributed by atoms with E-state index < -0.39 is 0 Å². The van der Waals surface area contributed by atoms with Crippen molar-refractivity contribution in [1.29, 1.82) is 0 Å². The van der Waals surface area contributed by atoms with E-state index in [2.05, 4.69) is 72.7 Å². The van der Waals surface area contributed by atoms with Gasteiger partial charge in [0.15, 0.2) is 5.75 Å². The number of ether oxygens (including phenoxy) is 1. The van der Waals surface area contributed by atoms with E-state index in [1.165, 1.54) is 69.9 Å². The van der Waals surface area contributed by atoms with Crippen LogP contribution in [0.15, 0.2) is 42.6 Å². The maximum absolute atomic E-state index is 6.71. The smallest absolute Gasteiger partial charge is 0.257 e. The van der Waals surface area contributed by atoms with E-state index in [4.69, 9.17) is 4.74 Å². The van der Waals surface area contributed by atoms with E-state index in [0.717, 1.165) is 23.8 Å². The molecule has 1 saturated carbocycles. The maximum Gasteiger partial charge on any atom is 0.257 e. The van der Waals surface area contributed by atoms with Crippen LogP contribution in [-0.4, -0.2) is 4.57 Å². The molecule has 0 atom stereocenters. The largest absolute Gasteiger partial charge is 0.448 e. The summed E-state index contributed by atoms with van der Waals surface area (Å²) in [6.07, 6.45) is 8.68. The van der Waals surface area contributed by atoms with Gasteiger partial charge in [0.05, 0.1) is 21.9 Å². The number of para-hydroxylation sites is 1. The monoisotopic (exact) mass is 383 g/mol. The molecular formula is C26H27N2O+. The Balaban J connectivity index is 1.73. The Hall–Kier alpha value is -2.81. The minimum Gasteiger partial charge on any atom is -0.448 e. The van der Waals surface area contributed by atoms with Gasteiger partial charge in [-0.2, -0.15) is 4.57 Å². The second-order valence-corrected chi connectivity index (χ2v) is 8.94.